The maximum absolute atomic E-state index is 12.4. The van der Waals surface area contributed by atoms with Crippen LogP contribution in [0.2, 0.25) is 0 Å². The molecule has 1 saturated heterocycles. The fraction of sp³-hybridized carbons (Fsp3) is 0.467. The third-order valence-electron chi connectivity index (χ3n) is 3.90. The molecule has 2 amide bonds. The van der Waals surface area contributed by atoms with E-state index in [-0.39, 0.29) is 11.9 Å². The van der Waals surface area contributed by atoms with Crippen LogP contribution in [0.15, 0.2) is 24.3 Å². The van der Waals surface area contributed by atoms with Crippen molar-refractivity contribution in [3.63, 3.8) is 0 Å². The summed E-state index contributed by atoms with van der Waals surface area (Å²) in [5, 5.41) is 0. The first kappa shape index (κ1) is 14.5. The number of carbonyl (C=O) groups is 2. The number of piperidine rings is 1. The molecular weight excluding hydrogens is 254 g/mol. The number of hydrogen-bond donors (Lipinski definition) is 2. The zero-order valence-corrected chi connectivity index (χ0v) is 11.7. The predicted octanol–water partition coefficient (Wildman–Crippen LogP) is 0.985. The lowest BCUT2D eigenvalue weighted by Gasteiger charge is -2.34. The van der Waals surface area contributed by atoms with E-state index in [1.165, 1.54) is 0 Å². The van der Waals surface area contributed by atoms with Crippen molar-refractivity contribution >= 4 is 11.8 Å². The number of carbonyl (C=O) groups excluding carboxylic acids is 2. The molecule has 108 valence electrons. The molecule has 4 N–H and O–H groups in total. The summed E-state index contributed by atoms with van der Waals surface area (Å²) in [4.78, 5) is 25.3. The molecule has 5 heteroatoms. The second kappa shape index (κ2) is 6.05. The van der Waals surface area contributed by atoms with Crippen molar-refractivity contribution in [2.75, 3.05) is 13.1 Å². The Balaban J connectivity index is 2.08. The van der Waals surface area contributed by atoms with E-state index < -0.39 is 5.91 Å². The summed E-state index contributed by atoms with van der Waals surface area (Å²) in [6, 6.07) is 6.57. The van der Waals surface area contributed by atoms with Gasteiger partial charge in [0.2, 0.25) is 5.91 Å². The highest BCUT2D eigenvalue weighted by molar-refractivity contribution is 5.97. The molecule has 20 heavy (non-hydrogen) atoms. The molecule has 2 unspecified atom stereocenters. The molecule has 1 fully saturated rings. The van der Waals surface area contributed by atoms with Gasteiger partial charge >= 0.3 is 0 Å². The molecular formula is C15H21N3O2. The minimum Gasteiger partial charge on any atom is -0.366 e. The summed E-state index contributed by atoms with van der Waals surface area (Å²) in [5.41, 5.74) is 12.1. The van der Waals surface area contributed by atoms with Crippen LogP contribution in [0.3, 0.4) is 0 Å². The average Bonchev–Trinajstić information content (AvgIpc) is 2.46. The molecule has 2 atom stereocenters. The van der Waals surface area contributed by atoms with Gasteiger partial charge in [-0.2, -0.15) is 0 Å². The van der Waals surface area contributed by atoms with E-state index in [1.54, 1.807) is 24.3 Å². The van der Waals surface area contributed by atoms with E-state index in [4.69, 9.17) is 11.5 Å². The van der Waals surface area contributed by atoms with Gasteiger partial charge < -0.3 is 16.4 Å². The fourth-order valence-electron chi connectivity index (χ4n) is 2.58. The maximum Gasteiger partial charge on any atom is 0.253 e. The second-order valence-corrected chi connectivity index (χ2v) is 5.45. The second-order valence-electron chi connectivity index (χ2n) is 5.45. The van der Waals surface area contributed by atoms with Crippen LogP contribution in [0.25, 0.3) is 0 Å². The van der Waals surface area contributed by atoms with Gasteiger partial charge in [0.05, 0.1) is 0 Å². The first-order valence-electron chi connectivity index (χ1n) is 6.93. The lowest BCUT2D eigenvalue weighted by Crippen LogP contribution is -2.45. The van der Waals surface area contributed by atoms with Crippen LogP contribution in [-0.2, 0) is 0 Å². The predicted molar refractivity (Wildman–Crippen MR) is 77.2 cm³/mol. The lowest BCUT2D eigenvalue weighted by atomic mass is 9.92. The Bertz CT molecular complexity index is 496. The zero-order valence-electron chi connectivity index (χ0n) is 11.7. The van der Waals surface area contributed by atoms with E-state index in [0.29, 0.717) is 23.6 Å². The van der Waals surface area contributed by atoms with Crippen LogP contribution >= 0.6 is 0 Å². The van der Waals surface area contributed by atoms with Crippen LogP contribution in [0.5, 0.6) is 0 Å². The molecule has 5 nitrogen and oxygen atoms in total. The van der Waals surface area contributed by atoms with Crippen molar-refractivity contribution in [2.24, 2.45) is 17.4 Å². The van der Waals surface area contributed by atoms with E-state index in [2.05, 4.69) is 0 Å². The van der Waals surface area contributed by atoms with Gasteiger partial charge in [-0.15, -0.1) is 0 Å². The van der Waals surface area contributed by atoms with Gasteiger partial charge in [-0.25, -0.2) is 0 Å². The van der Waals surface area contributed by atoms with Crippen LogP contribution in [0, 0.1) is 5.92 Å². The zero-order chi connectivity index (χ0) is 14.7. The minimum absolute atomic E-state index is 0.00799. The smallest absolute Gasteiger partial charge is 0.253 e. The molecule has 0 aromatic heterocycles. The van der Waals surface area contributed by atoms with E-state index >= 15 is 0 Å². The highest BCUT2D eigenvalue weighted by atomic mass is 16.2. The highest BCUT2D eigenvalue weighted by Gasteiger charge is 2.26. The van der Waals surface area contributed by atoms with Gasteiger partial charge in [0, 0.05) is 30.3 Å². The Morgan fingerprint density at radius 1 is 1.25 bits per heavy atom. The van der Waals surface area contributed by atoms with Crippen molar-refractivity contribution in [1.82, 2.24) is 4.90 Å². The number of nitrogens with two attached hydrogens (primary N) is 2. The largest absolute Gasteiger partial charge is 0.366 e. The Hall–Kier alpha value is -1.88. The summed E-state index contributed by atoms with van der Waals surface area (Å²) in [7, 11) is 0. The molecule has 0 aliphatic carbocycles. The molecule has 1 aromatic carbocycles. The lowest BCUT2D eigenvalue weighted by molar-refractivity contribution is 0.0660. The third kappa shape index (κ3) is 3.17. The summed E-state index contributed by atoms with van der Waals surface area (Å²) in [6.07, 6.45) is 2.05. The van der Waals surface area contributed by atoms with E-state index in [9.17, 15) is 9.59 Å². The maximum atomic E-state index is 12.4. The number of amides is 2. The molecule has 2 rings (SSSR count). The average molecular weight is 275 g/mol. The SMILES string of the molecule is CC(N)C1CCCN(C(=O)c2ccc(C(N)=O)cc2)C1. The van der Waals surface area contributed by atoms with Crippen molar-refractivity contribution < 1.29 is 9.59 Å². The Morgan fingerprint density at radius 3 is 2.40 bits per heavy atom. The summed E-state index contributed by atoms with van der Waals surface area (Å²) in [5.74, 6) is -0.136. The van der Waals surface area contributed by atoms with E-state index in [0.717, 1.165) is 19.4 Å². The van der Waals surface area contributed by atoms with Crippen LogP contribution in [0.4, 0.5) is 0 Å². The van der Waals surface area contributed by atoms with Crippen molar-refractivity contribution in [1.29, 1.82) is 0 Å². The molecule has 1 heterocycles. The molecule has 0 saturated carbocycles. The molecule has 1 aliphatic heterocycles. The summed E-state index contributed by atoms with van der Waals surface area (Å²) in [6.45, 7) is 3.45. The molecule has 1 aliphatic rings. The standard InChI is InChI=1S/C15H21N3O2/c1-10(16)13-3-2-8-18(9-13)15(20)12-6-4-11(5-7-12)14(17)19/h4-7,10,13H,2-3,8-9,16H2,1H3,(H2,17,19). The van der Waals surface area contributed by atoms with Crippen LogP contribution < -0.4 is 11.5 Å². The topological polar surface area (TPSA) is 89.4 Å². The third-order valence-corrected chi connectivity index (χ3v) is 3.90. The number of benzene rings is 1. The fourth-order valence-corrected chi connectivity index (χ4v) is 2.58. The Labute approximate surface area is 118 Å². The first-order chi connectivity index (χ1) is 9.49. The van der Waals surface area contributed by atoms with Crippen molar-refractivity contribution in [3.05, 3.63) is 35.4 Å². The summed E-state index contributed by atoms with van der Waals surface area (Å²) >= 11 is 0. The number of rotatable bonds is 3. The van der Waals surface area contributed by atoms with Gasteiger partial charge in [0.15, 0.2) is 0 Å². The molecule has 0 bridgehead atoms. The number of nitrogens with zero attached hydrogens (tertiary/aromatic N) is 1. The van der Waals surface area contributed by atoms with Gasteiger partial charge in [-0.05, 0) is 49.9 Å². The van der Waals surface area contributed by atoms with Crippen LogP contribution in [0.1, 0.15) is 40.5 Å². The molecule has 0 radical (unpaired) electrons. The number of likely N-dealkylation sites (tertiary alicyclic amines) is 1. The van der Waals surface area contributed by atoms with Crippen molar-refractivity contribution in [3.8, 4) is 0 Å². The normalized spacial score (nSPS) is 20.5. The Kier molecular flexibility index (Phi) is 4.39. The highest BCUT2D eigenvalue weighted by Crippen LogP contribution is 2.20. The Morgan fingerprint density at radius 2 is 1.85 bits per heavy atom. The first-order valence-corrected chi connectivity index (χ1v) is 6.93. The van der Waals surface area contributed by atoms with Gasteiger partial charge in [0.25, 0.3) is 5.91 Å². The quantitative estimate of drug-likeness (QED) is 0.861. The van der Waals surface area contributed by atoms with Gasteiger partial charge in [0.1, 0.15) is 0 Å². The van der Waals surface area contributed by atoms with Gasteiger partial charge in [-0.3, -0.25) is 9.59 Å². The van der Waals surface area contributed by atoms with E-state index in [1.807, 2.05) is 11.8 Å². The molecule has 0 spiro atoms. The monoisotopic (exact) mass is 275 g/mol. The molecule has 1 aromatic rings. The van der Waals surface area contributed by atoms with Crippen LogP contribution in [-0.4, -0.2) is 35.8 Å². The summed E-state index contributed by atoms with van der Waals surface area (Å²) < 4.78 is 0. The van der Waals surface area contributed by atoms with Crippen molar-refractivity contribution in [2.45, 2.75) is 25.8 Å². The number of primary amides is 1. The minimum atomic E-state index is -0.487. The number of hydrogen-bond acceptors (Lipinski definition) is 3. The van der Waals surface area contributed by atoms with Gasteiger partial charge in [-0.1, -0.05) is 0 Å².